The molecule has 6 nitrogen and oxygen atoms in total. The Hall–Kier alpha value is -2.09. The molecule has 0 spiro atoms. The van der Waals surface area contributed by atoms with Gasteiger partial charge >= 0.3 is 0 Å². The van der Waals surface area contributed by atoms with Crippen molar-refractivity contribution < 1.29 is 13.6 Å². The molecule has 2 fully saturated rings. The minimum absolute atomic E-state index is 0.0113. The fourth-order valence-corrected chi connectivity index (χ4v) is 4.43. The van der Waals surface area contributed by atoms with Crippen LogP contribution < -0.4 is 11.1 Å². The lowest BCUT2D eigenvalue weighted by molar-refractivity contribution is -0.122. The number of nitrogens with one attached hydrogen (secondary N) is 1. The van der Waals surface area contributed by atoms with Crippen LogP contribution in [0.2, 0.25) is 0 Å². The lowest BCUT2D eigenvalue weighted by Crippen LogP contribution is -2.31. The largest absolute Gasteiger partial charge is 0.353 e. The van der Waals surface area contributed by atoms with Crippen molar-refractivity contribution in [2.75, 3.05) is 0 Å². The van der Waals surface area contributed by atoms with Gasteiger partial charge in [0.15, 0.2) is 5.65 Å². The number of fused-ring (bicyclic) bond motifs is 1. The zero-order valence-electron chi connectivity index (χ0n) is 16.1. The van der Waals surface area contributed by atoms with E-state index < -0.39 is 5.92 Å². The summed E-state index contributed by atoms with van der Waals surface area (Å²) in [5.41, 5.74) is 8.67. The fraction of sp³-hybridized carbons (Fsp3) is 0.650. The van der Waals surface area contributed by atoms with Gasteiger partial charge in [0.1, 0.15) is 0 Å². The fourth-order valence-electron chi connectivity index (χ4n) is 4.43. The second kappa shape index (κ2) is 7.39. The number of carbonyl (C=O) groups excluding carboxylic acids is 1. The van der Waals surface area contributed by atoms with Crippen molar-refractivity contribution in [2.24, 2.45) is 17.6 Å². The summed E-state index contributed by atoms with van der Waals surface area (Å²) >= 11 is 0. The zero-order chi connectivity index (χ0) is 19.9. The minimum atomic E-state index is -2.56. The highest BCUT2D eigenvalue weighted by molar-refractivity contribution is 5.81. The van der Waals surface area contributed by atoms with Crippen LogP contribution in [-0.2, 0) is 11.2 Å². The lowest BCUT2D eigenvalue weighted by Gasteiger charge is -2.31. The number of carbonyl (C=O) groups is 1. The number of nitrogens with zero attached hydrogens (tertiary/aromatic N) is 3. The first-order valence-electron chi connectivity index (χ1n) is 10.1. The molecular weight excluding hydrogens is 364 g/mol. The highest BCUT2D eigenvalue weighted by Gasteiger charge is 2.37. The molecule has 3 N–H and O–H groups in total. The smallest absolute Gasteiger partial charge is 0.248 e. The molecule has 3 heterocycles. The van der Waals surface area contributed by atoms with Gasteiger partial charge in [-0.1, -0.05) is 6.92 Å². The van der Waals surface area contributed by atoms with Crippen LogP contribution in [0.1, 0.15) is 62.7 Å². The maximum atomic E-state index is 13.4. The minimum Gasteiger partial charge on any atom is -0.353 e. The molecule has 1 saturated carbocycles. The van der Waals surface area contributed by atoms with Crippen molar-refractivity contribution in [3.63, 3.8) is 0 Å². The van der Waals surface area contributed by atoms with E-state index in [1.54, 1.807) is 16.9 Å². The molecule has 28 heavy (non-hydrogen) atoms. The second-order valence-electron chi connectivity index (χ2n) is 8.30. The van der Waals surface area contributed by atoms with Crippen LogP contribution in [0.5, 0.6) is 0 Å². The number of amides is 1. The van der Waals surface area contributed by atoms with E-state index in [2.05, 4.69) is 22.3 Å². The van der Waals surface area contributed by atoms with Crippen LogP contribution >= 0.6 is 0 Å². The third kappa shape index (κ3) is 3.87. The van der Waals surface area contributed by atoms with Crippen molar-refractivity contribution in [2.45, 2.75) is 69.9 Å². The van der Waals surface area contributed by atoms with Crippen LogP contribution in [0.4, 0.5) is 8.78 Å². The summed E-state index contributed by atoms with van der Waals surface area (Å²) in [4.78, 5) is 16.7. The van der Waals surface area contributed by atoms with E-state index in [0.717, 1.165) is 18.4 Å². The number of imidazole rings is 1. The molecule has 2 aromatic heterocycles. The summed E-state index contributed by atoms with van der Waals surface area (Å²) < 4.78 is 28.5. The quantitative estimate of drug-likeness (QED) is 0.820. The Labute approximate surface area is 162 Å². The Morgan fingerprint density at radius 1 is 1.39 bits per heavy atom. The van der Waals surface area contributed by atoms with Gasteiger partial charge in [0, 0.05) is 24.8 Å². The summed E-state index contributed by atoms with van der Waals surface area (Å²) in [6, 6.07) is 1.82. The highest BCUT2D eigenvalue weighted by atomic mass is 19.3. The van der Waals surface area contributed by atoms with Crippen molar-refractivity contribution >= 4 is 11.6 Å². The lowest BCUT2D eigenvalue weighted by atomic mass is 9.81. The van der Waals surface area contributed by atoms with Crippen LogP contribution in [0.3, 0.4) is 0 Å². The summed E-state index contributed by atoms with van der Waals surface area (Å²) in [6.07, 6.45) is 6.58. The van der Waals surface area contributed by atoms with Gasteiger partial charge in [0.05, 0.1) is 24.1 Å². The summed E-state index contributed by atoms with van der Waals surface area (Å²) in [7, 11) is 0. The molecule has 4 rings (SSSR count). The summed E-state index contributed by atoms with van der Waals surface area (Å²) in [6.45, 7) is 2.07. The Bertz CT molecular complexity index is 857. The maximum Gasteiger partial charge on any atom is 0.248 e. The molecule has 1 amide bonds. The van der Waals surface area contributed by atoms with Crippen molar-refractivity contribution in [1.82, 2.24) is 19.9 Å². The average molecular weight is 391 g/mol. The van der Waals surface area contributed by atoms with E-state index in [9.17, 15) is 13.6 Å². The van der Waals surface area contributed by atoms with Crippen molar-refractivity contribution in [3.05, 3.63) is 29.7 Å². The third-order valence-corrected chi connectivity index (χ3v) is 6.27. The molecule has 3 atom stereocenters. The molecule has 0 radical (unpaired) electrons. The van der Waals surface area contributed by atoms with Crippen LogP contribution in [0.25, 0.3) is 5.65 Å². The molecular formula is C20H27F2N5O. The summed E-state index contributed by atoms with van der Waals surface area (Å²) in [5, 5.41) is 7.43. The Kier molecular flexibility index (Phi) is 5.07. The van der Waals surface area contributed by atoms with E-state index in [4.69, 9.17) is 5.73 Å². The first kappa shape index (κ1) is 19.2. The molecule has 0 aromatic carbocycles. The third-order valence-electron chi connectivity index (χ3n) is 6.27. The standard InChI is InChI=1S/C20H27F2N5O/c1-2-15-9-14(19(28)25-15)7-12-8-17-26-16(11-27(17)24-10-12)18(23)13-3-5-20(21,22)6-4-13/h8,10-11,13-15,18H,2-7,9,23H2,1H3,(H,25,28)/t14?,15?,18-/m0/s1. The molecule has 152 valence electrons. The van der Waals surface area contributed by atoms with E-state index in [-0.39, 0.29) is 42.7 Å². The van der Waals surface area contributed by atoms with Gasteiger partial charge in [-0.3, -0.25) is 4.79 Å². The van der Waals surface area contributed by atoms with Gasteiger partial charge in [-0.05, 0) is 49.7 Å². The Morgan fingerprint density at radius 3 is 2.82 bits per heavy atom. The number of hydrogen-bond acceptors (Lipinski definition) is 4. The van der Waals surface area contributed by atoms with Gasteiger partial charge in [-0.15, -0.1) is 0 Å². The predicted molar refractivity (Wildman–Crippen MR) is 101 cm³/mol. The number of rotatable bonds is 5. The predicted octanol–water partition coefficient (Wildman–Crippen LogP) is 3.01. The SMILES string of the molecule is CCC1CC(Cc2cnn3cc([C@@H](N)C4CCC(F)(F)CC4)nc3c2)C(=O)N1. The van der Waals surface area contributed by atoms with Crippen LogP contribution in [-0.4, -0.2) is 32.5 Å². The topological polar surface area (TPSA) is 85.3 Å². The molecule has 2 aliphatic rings. The first-order valence-corrected chi connectivity index (χ1v) is 10.1. The van der Waals surface area contributed by atoms with Gasteiger partial charge in [0.2, 0.25) is 11.8 Å². The van der Waals surface area contributed by atoms with Gasteiger partial charge in [-0.25, -0.2) is 18.3 Å². The first-order chi connectivity index (χ1) is 13.3. The van der Waals surface area contributed by atoms with E-state index in [0.29, 0.717) is 30.6 Å². The molecule has 8 heteroatoms. The van der Waals surface area contributed by atoms with E-state index >= 15 is 0 Å². The maximum absolute atomic E-state index is 13.4. The van der Waals surface area contributed by atoms with Crippen molar-refractivity contribution in [3.8, 4) is 0 Å². The molecule has 0 bridgehead atoms. The molecule has 1 aliphatic carbocycles. The molecule has 2 unspecified atom stereocenters. The van der Waals surface area contributed by atoms with Gasteiger partial charge < -0.3 is 11.1 Å². The average Bonchev–Trinajstić information content (AvgIpc) is 3.24. The van der Waals surface area contributed by atoms with Crippen LogP contribution in [0, 0.1) is 11.8 Å². The summed E-state index contributed by atoms with van der Waals surface area (Å²) in [5.74, 6) is -2.48. The molecule has 1 saturated heterocycles. The number of alkyl halides is 2. The number of nitrogens with two attached hydrogens (primary N) is 1. The normalized spacial score (nSPS) is 26.5. The number of hydrogen-bond donors (Lipinski definition) is 2. The number of halogens is 2. The Morgan fingerprint density at radius 2 is 2.14 bits per heavy atom. The van der Waals surface area contributed by atoms with E-state index in [1.165, 1.54) is 0 Å². The molecule has 2 aromatic rings. The van der Waals surface area contributed by atoms with Crippen LogP contribution in [0.15, 0.2) is 18.5 Å². The highest BCUT2D eigenvalue weighted by Crippen LogP contribution is 2.40. The second-order valence-corrected chi connectivity index (χ2v) is 8.30. The monoisotopic (exact) mass is 391 g/mol. The number of aromatic nitrogens is 3. The van der Waals surface area contributed by atoms with Crippen molar-refractivity contribution in [1.29, 1.82) is 0 Å². The molecule has 1 aliphatic heterocycles. The Balaban J connectivity index is 1.47. The van der Waals surface area contributed by atoms with Gasteiger partial charge in [0.25, 0.3) is 0 Å². The zero-order valence-corrected chi connectivity index (χ0v) is 16.1. The van der Waals surface area contributed by atoms with E-state index in [1.807, 2.05) is 6.07 Å². The van der Waals surface area contributed by atoms with Gasteiger partial charge in [-0.2, -0.15) is 5.10 Å².